The van der Waals surface area contributed by atoms with Crippen LogP contribution < -0.4 is 10.2 Å². The van der Waals surface area contributed by atoms with Gasteiger partial charge in [-0.1, -0.05) is 35.9 Å². The second-order valence-electron chi connectivity index (χ2n) is 7.43. The molecular formula is C23H22ClN3O4. The molecule has 0 unspecified atom stereocenters. The van der Waals surface area contributed by atoms with Crippen LogP contribution in [0.15, 0.2) is 59.8 Å². The summed E-state index contributed by atoms with van der Waals surface area (Å²) >= 11 is 5.96. The fraction of sp³-hybridized carbons (Fsp3) is 0.261. The summed E-state index contributed by atoms with van der Waals surface area (Å²) in [5.74, 6) is -0.752. The molecular weight excluding hydrogens is 418 g/mol. The van der Waals surface area contributed by atoms with Crippen LogP contribution in [0.3, 0.4) is 0 Å². The SMILES string of the molecule is CCN(C(=O)CN1C(=O)N[C@H](c2ccc(Cl)cc2)C2=C1COC2=O)c1cccc(C)c1. The summed E-state index contributed by atoms with van der Waals surface area (Å²) in [4.78, 5) is 41.4. The number of nitrogens with one attached hydrogen (secondary N) is 1. The highest BCUT2D eigenvalue weighted by molar-refractivity contribution is 6.30. The van der Waals surface area contributed by atoms with Gasteiger partial charge >= 0.3 is 12.0 Å². The molecule has 0 aromatic heterocycles. The zero-order valence-electron chi connectivity index (χ0n) is 17.2. The minimum absolute atomic E-state index is 0.0461. The summed E-state index contributed by atoms with van der Waals surface area (Å²) in [5.41, 5.74) is 3.27. The van der Waals surface area contributed by atoms with Crippen molar-refractivity contribution in [1.82, 2.24) is 10.2 Å². The molecule has 0 spiro atoms. The molecule has 0 saturated heterocycles. The van der Waals surface area contributed by atoms with Crippen LogP contribution in [0.2, 0.25) is 5.02 Å². The number of anilines is 1. The molecule has 2 aromatic carbocycles. The number of hydrogen-bond donors (Lipinski definition) is 1. The van der Waals surface area contributed by atoms with Gasteiger partial charge in [-0.25, -0.2) is 9.59 Å². The molecule has 8 heteroatoms. The fourth-order valence-electron chi connectivity index (χ4n) is 3.90. The third-order valence-electron chi connectivity index (χ3n) is 5.43. The van der Waals surface area contributed by atoms with Crippen molar-refractivity contribution >= 4 is 35.2 Å². The molecule has 2 aliphatic heterocycles. The molecule has 7 nitrogen and oxygen atoms in total. The molecule has 0 fully saturated rings. The van der Waals surface area contributed by atoms with Crippen LogP contribution in [0.5, 0.6) is 0 Å². The first kappa shape index (κ1) is 20.9. The Labute approximate surface area is 185 Å². The lowest BCUT2D eigenvalue weighted by Crippen LogP contribution is -2.51. The molecule has 2 aliphatic rings. The van der Waals surface area contributed by atoms with Gasteiger partial charge < -0.3 is 15.0 Å². The first-order valence-corrected chi connectivity index (χ1v) is 10.4. The standard InChI is InChI=1S/C23H22ClN3O4/c1-3-26(17-6-4-5-14(2)11-17)19(28)12-27-18-13-31-22(29)20(18)21(25-23(27)30)15-7-9-16(24)10-8-15/h4-11,21H,3,12-13H2,1-2H3,(H,25,30)/t21-/m1/s1. The summed E-state index contributed by atoms with van der Waals surface area (Å²) in [6, 6.07) is 13.4. The Morgan fingerprint density at radius 3 is 2.65 bits per heavy atom. The van der Waals surface area contributed by atoms with E-state index >= 15 is 0 Å². The smallest absolute Gasteiger partial charge is 0.338 e. The second kappa shape index (κ2) is 8.43. The molecule has 1 N–H and O–H groups in total. The number of halogens is 1. The number of carbonyl (C=O) groups excluding carboxylic acids is 3. The third kappa shape index (κ3) is 4.01. The number of likely N-dealkylation sites (N-methyl/N-ethyl adjacent to an activating group) is 1. The van der Waals surface area contributed by atoms with Crippen molar-refractivity contribution in [3.8, 4) is 0 Å². The lowest BCUT2D eigenvalue weighted by Gasteiger charge is -2.33. The summed E-state index contributed by atoms with van der Waals surface area (Å²) in [7, 11) is 0. The van der Waals surface area contributed by atoms with Gasteiger partial charge in [0.15, 0.2) is 0 Å². The molecule has 0 aliphatic carbocycles. The van der Waals surface area contributed by atoms with Gasteiger partial charge in [0.1, 0.15) is 13.2 Å². The highest BCUT2D eigenvalue weighted by atomic mass is 35.5. The number of nitrogens with zero attached hydrogens (tertiary/aromatic N) is 2. The van der Waals surface area contributed by atoms with Gasteiger partial charge in [0.25, 0.3) is 0 Å². The van der Waals surface area contributed by atoms with Crippen molar-refractivity contribution in [1.29, 1.82) is 0 Å². The van der Waals surface area contributed by atoms with E-state index in [-0.39, 0.29) is 19.1 Å². The van der Waals surface area contributed by atoms with Gasteiger partial charge in [-0.15, -0.1) is 0 Å². The lowest BCUT2D eigenvalue weighted by atomic mass is 9.96. The van der Waals surface area contributed by atoms with E-state index in [1.54, 1.807) is 29.2 Å². The molecule has 0 radical (unpaired) electrons. The van der Waals surface area contributed by atoms with E-state index in [1.165, 1.54) is 4.90 Å². The molecule has 4 rings (SSSR count). The molecule has 0 saturated carbocycles. The van der Waals surface area contributed by atoms with Gasteiger partial charge in [0.2, 0.25) is 5.91 Å². The van der Waals surface area contributed by atoms with Crippen molar-refractivity contribution in [2.45, 2.75) is 19.9 Å². The molecule has 2 heterocycles. The number of rotatable bonds is 5. The number of urea groups is 1. The number of cyclic esters (lactones) is 1. The summed E-state index contributed by atoms with van der Waals surface area (Å²) < 4.78 is 5.22. The van der Waals surface area contributed by atoms with Crippen LogP contribution in [-0.4, -0.2) is 42.5 Å². The maximum atomic E-state index is 13.1. The number of ether oxygens (including phenoxy) is 1. The van der Waals surface area contributed by atoms with Gasteiger partial charge in [0, 0.05) is 17.3 Å². The van der Waals surface area contributed by atoms with E-state index < -0.39 is 18.0 Å². The minimum Gasteiger partial charge on any atom is -0.456 e. The van der Waals surface area contributed by atoms with Crippen molar-refractivity contribution in [3.05, 3.63) is 76.0 Å². The maximum Gasteiger partial charge on any atom is 0.338 e. The zero-order valence-corrected chi connectivity index (χ0v) is 18.0. The van der Waals surface area contributed by atoms with Crippen LogP contribution in [-0.2, 0) is 14.3 Å². The van der Waals surface area contributed by atoms with Crippen molar-refractivity contribution < 1.29 is 19.1 Å². The van der Waals surface area contributed by atoms with Gasteiger partial charge in [-0.3, -0.25) is 9.69 Å². The topological polar surface area (TPSA) is 79.0 Å². The van der Waals surface area contributed by atoms with E-state index in [4.69, 9.17) is 16.3 Å². The first-order chi connectivity index (χ1) is 14.9. The van der Waals surface area contributed by atoms with Crippen molar-refractivity contribution in [2.75, 3.05) is 24.6 Å². The van der Waals surface area contributed by atoms with Crippen LogP contribution >= 0.6 is 11.6 Å². The number of hydrogen-bond acceptors (Lipinski definition) is 4. The van der Waals surface area contributed by atoms with Crippen LogP contribution in [0.25, 0.3) is 0 Å². The van der Waals surface area contributed by atoms with Crippen LogP contribution in [0.4, 0.5) is 10.5 Å². The van der Waals surface area contributed by atoms with Gasteiger partial charge in [-0.05, 0) is 49.2 Å². The van der Waals surface area contributed by atoms with E-state index in [1.807, 2.05) is 38.1 Å². The van der Waals surface area contributed by atoms with E-state index in [2.05, 4.69) is 5.32 Å². The summed E-state index contributed by atoms with van der Waals surface area (Å²) in [6.45, 7) is 4.04. The van der Waals surface area contributed by atoms with E-state index in [0.717, 1.165) is 11.3 Å². The third-order valence-corrected chi connectivity index (χ3v) is 5.68. The number of aryl methyl sites for hydroxylation is 1. The Hall–Kier alpha value is -3.32. The highest BCUT2D eigenvalue weighted by Gasteiger charge is 2.43. The number of amides is 3. The van der Waals surface area contributed by atoms with Gasteiger partial charge in [0.05, 0.1) is 17.3 Å². The minimum atomic E-state index is -0.653. The molecule has 1 atom stereocenters. The first-order valence-electron chi connectivity index (χ1n) is 9.99. The normalized spacial score (nSPS) is 17.9. The Morgan fingerprint density at radius 2 is 1.97 bits per heavy atom. The average molecular weight is 440 g/mol. The largest absolute Gasteiger partial charge is 0.456 e. The Morgan fingerprint density at radius 1 is 1.23 bits per heavy atom. The van der Waals surface area contributed by atoms with Crippen LogP contribution in [0.1, 0.15) is 24.1 Å². The lowest BCUT2D eigenvalue weighted by molar-refractivity contribution is -0.136. The number of esters is 1. The second-order valence-corrected chi connectivity index (χ2v) is 7.87. The van der Waals surface area contributed by atoms with Crippen LogP contribution in [0, 0.1) is 6.92 Å². The van der Waals surface area contributed by atoms with Crippen molar-refractivity contribution in [2.24, 2.45) is 0 Å². The van der Waals surface area contributed by atoms with Gasteiger partial charge in [-0.2, -0.15) is 0 Å². The zero-order chi connectivity index (χ0) is 22.1. The quantitative estimate of drug-likeness (QED) is 0.722. The number of carbonyl (C=O) groups is 3. The Kier molecular flexibility index (Phi) is 5.69. The molecule has 3 amide bonds. The Bertz CT molecular complexity index is 1080. The maximum absolute atomic E-state index is 13.1. The fourth-order valence-corrected chi connectivity index (χ4v) is 4.03. The Balaban J connectivity index is 1.63. The molecule has 160 valence electrons. The van der Waals surface area contributed by atoms with E-state index in [0.29, 0.717) is 28.4 Å². The number of benzene rings is 2. The summed E-state index contributed by atoms with van der Waals surface area (Å²) in [5, 5.41) is 3.38. The van der Waals surface area contributed by atoms with Crippen molar-refractivity contribution in [3.63, 3.8) is 0 Å². The molecule has 31 heavy (non-hydrogen) atoms. The average Bonchev–Trinajstić information content (AvgIpc) is 3.13. The van der Waals surface area contributed by atoms with E-state index in [9.17, 15) is 14.4 Å². The molecule has 2 aromatic rings. The summed E-state index contributed by atoms with van der Waals surface area (Å²) in [6.07, 6.45) is 0. The monoisotopic (exact) mass is 439 g/mol. The highest BCUT2D eigenvalue weighted by Crippen LogP contribution is 2.35. The molecule has 0 bridgehead atoms. The predicted octanol–water partition coefficient (Wildman–Crippen LogP) is 3.58. The predicted molar refractivity (Wildman–Crippen MR) is 117 cm³/mol.